The number of benzene rings is 1. The third kappa shape index (κ3) is 4.52. The highest BCUT2D eigenvalue weighted by atomic mass is 32.1. The molecule has 0 radical (unpaired) electrons. The summed E-state index contributed by atoms with van der Waals surface area (Å²) < 4.78 is 0.973. The van der Waals surface area contributed by atoms with Crippen molar-refractivity contribution >= 4 is 38.5 Å². The lowest BCUT2D eigenvalue weighted by molar-refractivity contribution is -0.120. The molecule has 0 aliphatic carbocycles. The van der Waals surface area contributed by atoms with Crippen LogP contribution in [-0.2, 0) is 16.0 Å². The second-order valence-corrected chi connectivity index (χ2v) is 7.11. The molecule has 2 heterocycles. The largest absolute Gasteiger partial charge is 0.355 e. The monoisotopic (exact) mass is 346 g/mol. The second kappa shape index (κ2) is 7.72. The van der Waals surface area contributed by atoms with E-state index in [0.717, 1.165) is 35.4 Å². The average Bonchev–Trinajstić information content (AvgIpc) is 3.15. The lowest BCUT2D eigenvalue weighted by Crippen LogP contribution is -2.34. The van der Waals surface area contributed by atoms with E-state index in [2.05, 4.69) is 20.5 Å². The fourth-order valence-electron chi connectivity index (χ4n) is 2.89. The molecule has 3 rings (SSSR count). The van der Waals surface area contributed by atoms with Gasteiger partial charge in [0.15, 0.2) is 5.13 Å². The number of thiazole rings is 1. The van der Waals surface area contributed by atoms with E-state index < -0.39 is 0 Å². The molecule has 1 aromatic heterocycles. The van der Waals surface area contributed by atoms with Crippen molar-refractivity contribution in [1.29, 1.82) is 0 Å². The fraction of sp³-hybridized carbons (Fsp3) is 0.471. The summed E-state index contributed by atoms with van der Waals surface area (Å²) in [6, 6.07) is 5.78. The molecule has 2 aromatic rings. The van der Waals surface area contributed by atoms with Gasteiger partial charge in [0.1, 0.15) is 0 Å². The van der Waals surface area contributed by atoms with Gasteiger partial charge in [-0.3, -0.25) is 9.59 Å². The van der Waals surface area contributed by atoms with Crippen LogP contribution >= 0.6 is 11.3 Å². The molecule has 7 heteroatoms. The number of anilines is 1. The van der Waals surface area contributed by atoms with Gasteiger partial charge < -0.3 is 15.5 Å². The maximum Gasteiger partial charge on any atom is 0.224 e. The number of nitrogens with one attached hydrogen (secondary N) is 2. The molecule has 0 saturated carbocycles. The molecule has 6 nitrogen and oxygen atoms in total. The molecule has 1 aliphatic rings. The first kappa shape index (κ1) is 16.9. The quantitative estimate of drug-likeness (QED) is 0.839. The first-order valence-corrected chi connectivity index (χ1v) is 9.08. The molecule has 2 N–H and O–H groups in total. The third-order valence-corrected chi connectivity index (χ3v) is 4.98. The zero-order valence-electron chi connectivity index (χ0n) is 13.8. The van der Waals surface area contributed by atoms with Crippen LogP contribution in [0.5, 0.6) is 0 Å². The number of rotatable bonds is 6. The van der Waals surface area contributed by atoms with E-state index in [9.17, 15) is 9.59 Å². The van der Waals surface area contributed by atoms with Gasteiger partial charge in [0.2, 0.25) is 11.8 Å². The Balaban J connectivity index is 1.53. The van der Waals surface area contributed by atoms with Crippen LogP contribution in [0.1, 0.15) is 25.3 Å². The summed E-state index contributed by atoms with van der Waals surface area (Å²) >= 11 is 1.42. The molecule has 2 amide bonds. The standard InChI is InChI=1S/C17H22N4O2S/c1-12(22)19-17-20-14-5-4-13(10-15(14)24-17)11-16(23)18-6-9-21-7-2-3-8-21/h4-5,10H,2-3,6-9,11H2,1H3,(H,18,23)(H,19,20,22). The van der Waals surface area contributed by atoms with E-state index in [4.69, 9.17) is 0 Å². The smallest absolute Gasteiger partial charge is 0.224 e. The molecule has 1 saturated heterocycles. The molecule has 1 aliphatic heterocycles. The maximum absolute atomic E-state index is 12.1. The number of carbonyl (C=O) groups is 2. The number of amides is 2. The zero-order valence-corrected chi connectivity index (χ0v) is 14.6. The summed E-state index contributed by atoms with van der Waals surface area (Å²) in [5.41, 5.74) is 1.79. The molecule has 1 fully saturated rings. The Labute approximate surface area is 145 Å². The van der Waals surface area contributed by atoms with Crippen LogP contribution in [0.4, 0.5) is 5.13 Å². The lowest BCUT2D eigenvalue weighted by atomic mass is 10.1. The van der Waals surface area contributed by atoms with Crippen molar-refractivity contribution in [2.45, 2.75) is 26.2 Å². The Morgan fingerprint density at radius 2 is 2.08 bits per heavy atom. The number of nitrogens with zero attached hydrogens (tertiary/aromatic N) is 2. The van der Waals surface area contributed by atoms with Crippen LogP contribution in [0, 0.1) is 0 Å². The summed E-state index contributed by atoms with van der Waals surface area (Å²) in [6.45, 7) is 5.39. The highest BCUT2D eigenvalue weighted by molar-refractivity contribution is 7.22. The van der Waals surface area contributed by atoms with Gasteiger partial charge in [-0.05, 0) is 43.6 Å². The predicted molar refractivity (Wildman–Crippen MR) is 96.3 cm³/mol. The van der Waals surface area contributed by atoms with Crippen LogP contribution in [0.2, 0.25) is 0 Å². The Hall–Kier alpha value is -1.99. The lowest BCUT2D eigenvalue weighted by Gasteiger charge is -2.14. The van der Waals surface area contributed by atoms with Gasteiger partial charge in [0.05, 0.1) is 16.6 Å². The molecule has 0 atom stereocenters. The van der Waals surface area contributed by atoms with E-state index in [0.29, 0.717) is 18.1 Å². The van der Waals surface area contributed by atoms with Gasteiger partial charge in [-0.25, -0.2) is 4.98 Å². The Morgan fingerprint density at radius 1 is 1.29 bits per heavy atom. The summed E-state index contributed by atoms with van der Waals surface area (Å²) in [5, 5.41) is 6.27. The predicted octanol–water partition coefficient (Wildman–Crippen LogP) is 2.01. The van der Waals surface area contributed by atoms with Crippen molar-refractivity contribution in [3.63, 3.8) is 0 Å². The van der Waals surface area contributed by atoms with Crippen LogP contribution in [0.15, 0.2) is 18.2 Å². The molecule has 0 unspecified atom stereocenters. The number of likely N-dealkylation sites (tertiary alicyclic amines) is 1. The molecule has 24 heavy (non-hydrogen) atoms. The summed E-state index contributed by atoms with van der Waals surface area (Å²) in [6.07, 6.45) is 2.90. The number of carbonyl (C=O) groups excluding carboxylic acids is 2. The van der Waals surface area contributed by atoms with Crippen molar-refractivity contribution in [3.8, 4) is 0 Å². The summed E-state index contributed by atoms with van der Waals surface area (Å²) in [4.78, 5) is 29.9. The molecule has 0 bridgehead atoms. The maximum atomic E-state index is 12.1. The first-order valence-electron chi connectivity index (χ1n) is 8.26. The number of hydrogen-bond donors (Lipinski definition) is 2. The second-order valence-electron chi connectivity index (χ2n) is 6.08. The SMILES string of the molecule is CC(=O)Nc1nc2ccc(CC(=O)NCCN3CCCC3)cc2s1. The van der Waals surface area contributed by atoms with E-state index in [1.54, 1.807) is 0 Å². The highest BCUT2D eigenvalue weighted by Crippen LogP contribution is 2.26. The highest BCUT2D eigenvalue weighted by Gasteiger charge is 2.12. The van der Waals surface area contributed by atoms with Gasteiger partial charge in [-0.15, -0.1) is 0 Å². The molecular weight excluding hydrogens is 324 g/mol. The minimum atomic E-state index is -0.133. The van der Waals surface area contributed by atoms with Crippen LogP contribution in [-0.4, -0.2) is 47.9 Å². The first-order chi connectivity index (χ1) is 11.6. The minimum absolute atomic E-state index is 0.0418. The van der Waals surface area contributed by atoms with Gasteiger partial charge >= 0.3 is 0 Å². The molecule has 1 aromatic carbocycles. The van der Waals surface area contributed by atoms with E-state index >= 15 is 0 Å². The van der Waals surface area contributed by atoms with Crippen LogP contribution in [0.3, 0.4) is 0 Å². The Morgan fingerprint density at radius 3 is 2.83 bits per heavy atom. The normalized spacial score (nSPS) is 14.9. The van der Waals surface area contributed by atoms with Gasteiger partial charge in [-0.2, -0.15) is 0 Å². The van der Waals surface area contributed by atoms with Gasteiger partial charge in [0.25, 0.3) is 0 Å². The van der Waals surface area contributed by atoms with Crippen molar-refractivity contribution < 1.29 is 9.59 Å². The van der Waals surface area contributed by atoms with E-state index in [1.807, 2.05) is 18.2 Å². The van der Waals surface area contributed by atoms with Crippen molar-refractivity contribution in [3.05, 3.63) is 23.8 Å². The minimum Gasteiger partial charge on any atom is -0.355 e. The fourth-order valence-corrected chi connectivity index (χ4v) is 3.87. The van der Waals surface area contributed by atoms with Crippen LogP contribution < -0.4 is 10.6 Å². The van der Waals surface area contributed by atoms with Crippen LogP contribution in [0.25, 0.3) is 10.2 Å². The van der Waals surface area contributed by atoms with E-state index in [-0.39, 0.29) is 11.8 Å². The topological polar surface area (TPSA) is 74.3 Å². The number of fused-ring (bicyclic) bond motifs is 1. The molecular formula is C17H22N4O2S. The Bertz CT molecular complexity index is 737. The van der Waals surface area contributed by atoms with Crippen molar-refractivity contribution in [2.24, 2.45) is 0 Å². The van der Waals surface area contributed by atoms with Crippen molar-refractivity contribution in [2.75, 3.05) is 31.5 Å². The van der Waals surface area contributed by atoms with Gasteiger partial charge in [0, 0.05) is 20.0 Å². The molecule has 0 spiro atoms. The number of hydrogen-bond acceptors (Lipinski definition) is 5. The zero-order chi connectivity index (χ0) is 16.9. The van der Waals surface area contributed by atoms with Crippen molar-refractivity contribution in [1.82, 2.24) is 15.2 Å². The summed E-state index contributed by atoms with van der Waals surface area (Å²) in [7, 11) is 0. The molecule has 128 valence electrons. The number of aromatic nitrogens is 1. The Kier molecular flexibility index (Phi) is 5.42. The third-order valence-electron chi connectivity index (χ3n) is 4.05. The van der Waals surface area contributed by atoms with Gasteiger partial charge in [-0.1, -0.05) is 17.4 Å². The average molecular weight is 346 g/mol. The van der Waals surface area contributed by atoms with E-state index in [1.165, 1.54) is 31.1 Å². The summed E-state index contributed by atoms with van der Waals surface area (Å²) in [5.74, 6) is -0.0909.